The van der Waals surface area contributed by atoms with Crippen LogP contribution in [0.2, 0.25) is 5.02 Å². The number of hydrogen-bond acceptors (Lipinski definition) is 3. The number of anilines is 1. The van der Waals surface area contributed by atoms with Gasteiger partial charge >= 0.3 is 6.03 Å². The van der Waals surface area contributed by atoms with Crippen LogP contribution >= 0.6 is 11.6 Å². The van der Waals surface area contributed by atoms with Gasteiger partial charge in [-0.2, -0.15) is 0 Å². The fraction of sp³-hybridized carbons (Fsp3) is 0.125. The summed E-state index contributed by atoms with van der Waals surface area (Å²) in [5, 5.41) is 3.11. The molecule has 0 aliphatic heterocycles. The smallest absolute Gasteiger partial charge is 0.337 e. The molecule has 0 unspecified atom stereocenters. The molecule has 0 radical (unpaired) electrons. The quantitative estimate of drug-likeness (QED) is 0.755. The number of hydrogen-bond donors (Lipinski definition) is 3. The molecule has 0 aromatic heterocycles. The topological polar surface area (TPSA) is 79.5 Å². The van der Waals surface area contributed by atoms with Crippen molar-refractivity contribution in [3.05, 3.63) is 58.6 Å². The first-order chi connectivity index (χ1) is 11.0. The first-order valence-corrected chi connectivity index (χ1v) is 7.15. The molecule has 0 saturated heterocycles. The molecule has 23 heavy (non-hydrogen) atoms. The van der Waals surface area contributed by atoms with Gasteiger partial charge in [-0.3, -0.25) is 10.2 Å². The number of ether oxygens (including phenoxy) is 1. The number of urea groups is 1. The zero-order valence-electron chi connectivity index (χ0n) is 12.6. The molecule has 7 heteroatoms. The fourth-order valence-electron chi connectivity index (χ4n) is 1.76. The minimum absolute atomic E-state index is 0.393. The third kappa shape index (κ3) is 4.62. The Bertz CT molecular complexity index is 717. The van der Waals surface area contributed by atoms with Gasteiger partial charge in [-0.25, -0.2) is 10.2 Å². The second-order valence-electron chi connectivity index (χ2n) is 4.73. The van der Waals surface area contributed by atoms with Gasteiger partial charge in [0.2, 0.25) is 0 Å². The van der Waals surface area contributed by atoms with E-state index in [0.717, 1.165) is 5.56 Å². The molecule has 2 aromatic rings. The Morgan fingerprint density at radius 1 is 1.04 bits per heavy atom. The molecule has 0 aliphatic rings. The lowest BCUT2D eigenvalue weighted by molar-refractivity contribution is 0.0938. The van der Waals surface area contributed by atoms with Crippen molar-refractivity contribution in [3.8, 4) is 5.75 Å². The van der Waals surface area contributed by atoms with Crippen molar-refractivity contribution >= 4 is 29.2 Å². The van der Waals surface area contributed by atoms with E-state index in [1.54, 1.807) is 42.5 Å². The third-order valence-electron chi connectivity index (χ3n) is 3.07. The Hall–Kier alpha value is -2.73. The second-order valence-corrected chi connectivity index (χ2v) is 5.13. The molecule has 0 heterocycles. The number of nitrogens with one attached hydrogen (secondary N) is 3. The molecule has 2 rings (SSSR count). The van der Waals surface area contributed by atoms with Crippen molar-refractivity contribution in [2.75, 3.05) is 12.4 Å². The molecule has 0 aliphatic carbocycles. The first-order valence-electron chi connectivity index (χ1n) is 6.77. The van der Waals surface area contributed by atoms with E-state index in [1.165, 1.54) is 7.11 Å². The summed E-state index contributed by atoms with van der Waals surface area (Å²) in [6.45, 7) is 1.86. The number of carbonyl (C=O) groups is 2. The van der Waals surface area contributed by atoms with E-state index >= 15 is 0 Å². The average molecular weight is 334 g/mol. The third-order valence-corrected chi connectivity index (χ3v) is 3.48. The zero-order valence-corrected chi connectivity index (χ0v) is 13.4. The number of halogens is 1. The number of methoxy groups -OCH3 is 1. The highest BCUT2D eigenvalue weighted by Crippen LogP contribution is 2.19. The average Bonchev–Trinajstić information content (AvgIpc) is 2.56. The highest BCUT2D eigenvalue weighted by molar-refractivity contribution is 6.31. The summed E-state index contributed by atoms with van der Waals surface area (Å²) in [5.74, 6) is 0.202. The summed E-state index contributed by atoms with van der Waals surface area (Å²) in [4.78, 5) is 23.6. The molecular formula is C16H16ClN3O3. The molecule has 0 atom stereocenters. The van der Waals surface area contributed by atoms with Crippen molar-refractivity contribution in [1.82, 2.24) is 10.9 Å². The summed E-state index contributed by atoms with van der Waals surface area (Å²) in [5.41, 5.74) is 6.40. The highest BCUT2D eigenvalue weighted by Gasteiger charge is 2.08. The first kappa shape index (κ1) is 16.6. The SMILES string of the molecule is COc1ccc(C(=O)NNC(=O)Nc2ccc(C)c(Cl)c2)cc1. The van der Waals surface area contributed by atoms with E-state index in [4.69, 9.17) is 16.3 Å². The van der Waals surface area contributed by atoms with Crippen molar-refractivity contribution in [2.45, 2.75) is 6.92 Å². The monoisotopic (exact) mass is 333 g/mol. The van der Waals surface area contributed by atoms with Crippen LogP contribution < -0.4 is 20.9 Å². The minimum atomic E-state index is -0.577. The van der Waals surface area contributed by atoms with Crippen LogP contribution in [0.25, 0.3) is 0 Å². The van der Waals surface area contributed by atoms with Crippen molar-refractivity contribution in [3.63, 3.8) is 0 Å². The molecular weight excluding hydrogens is 318 g/mol. The standard InChI is InChI=1S/C16H16ClN3O3/c1-10-3-6-12(9-14(10)17)18-16(22)20-19-15(21)11-4-7-13(23-2)8-5-11/h3-9H,1-2H3,(H,19,21)(H2,18,20,22). The zero-order chi connectivity index (χ0) is 16.8. The van der Waals surface area contributed by atoms with Crippen molar-refractivity contribution in [2.24, 2.45) is 0 Å². The van der Waals surface area contributed by atoms with Crippen LogP contribution in [0.4, 0.5) is 10.5 Å². The van der Waals surface area contributed by atoms with Crippen LogP contribution in [0, 0.1) is 6.92 Å². The lowest BCUT2D eigenvalue weighted by atomic mass is 10.2. The normalized spacial score (nSPS) is 9.87. The maximum atomic E-state index is 11.9. The number of rotatable bonds is 3. The molecule has 3 amide bonds. The minimum Gasteiger partial charge on any atom is -0.497 e. The molecule has 6 nitrogen and oxygen atoms in total. The molecule has 3 N–H and O–H groups in total. The summed E-state index contributed by atoms with van der Waals surface area (Å²) >= 11 is 5.98. The molecule has 0 fully saturated rings. The molecule has 0 spiro atoms. The van der Waals surface area contributed by atoms with Gasteiger partial charge in [-0.1, -0.05) is 17.7 Å². The maximum Gasteiger partial charge on any atom is 0.337 e. The summed E-state index contributed by atoms with van der Waals surface area (Å²) in [7, 11) is 1.54. The predicted molar refractivity (Wildman–Crippen MR) is 88.8 cm³/mol. The van der Waals surface area contributed by atoms with Gasteiger partial charge in [0, 0.05) is 16.3 Å². The van der Waals surface area contributed by atoms with Gasteiger partial charge < -0.3 is 10.1 Å². The Morgan fingerprint density at radius 2 is 1.74 bits per heavy atom. The second kappa shape index (κ2) is 7.51. The van der Waals surface area contributed by atoms with Crippen LogP contribution in [0.15, 0.2) is 42.5 Å². The van der Waals surface area contributed by atoms with E-state index in [-0.39, 0.29) is 0 Å². The van der Waals surface area contributed by atoms with E-state index in [0.29, 0.717) is 22.0 Å². The molecule has 0 saturated carbocycles. The predicted octanol–water partition coefficient (Wildman–Crippen LogP) is 3.12. The van der Waals surface area contributed by atoms with Gasteiger partial charge in [0.15, 0.2) is 0 Å². The van der Waals surface area contributed by atoms with Crippen LogP contribution in [0.1, 0.15) is 15.9 Å². The van der Waals surface area contributed by atoms with Gasteiger partial charge in [0.1, 0.15) is 5.75 Å². The van der Waals surface area contributed by atoms with E-state index in [9.17, 15) is 9.59 Å². The van der Waals surface area contributed by atoms with Gasteiger partial charge in [-0.05, 0) is 48.9 Å². The van der Waals surface area contributed by atoms with Crippen LogP contribution in [0.5, 0.6) is 5.75 Å². The lowest BCUT2D eigenvalue weighted by Crippen LogP contribution is -2.43. The van der Waals surface area contributed by atoms with E-state index in [1.807, 2.05) is 6.92 Å². The fourth-order valence-corrected chi connectivity index (χ4v) is 1.94. The van der Waals surface area contributed by atoms with Gasteiger partial charge in [0.05, 0.1) is 7.11 Å². The van der Waals surface area contributed by atoms with Gasteiger partial charge in [0.25, 0.3) is 5.91 Å². The van der Waals surface area contributed by atoms with Crippen LogP contribution in [-0.4, -0.2) is 19.0 Å². The molecule has 0 bridgehead atoms. The molecule has 2 aromatic carbocycles. The highest BCUT2D eigenvalue weighted by atomic mass is 35.5. The number of aryl methyl sites for hydroxylation is 1. The number of benzene rings is 2. The van der Waals surface area contributed by atoms with E-state index < -0.39 is 11.9 Å². The van der Waals surface area contributed by atoms with Crippen LogP contribution in [-0.2, 0) is 0 Å². The Morgan fingerprint density at radius 3 is 2.35 bits per heavy atom. The number of carbonyl (C=O) groups excluding carboxylic acids is 2. The molecule has 120 valence electrons. The summed E-state index contributed by atoms with van der Waals surface area (Å²) < 4.78 is 5.01. The van der Waals surface area contributed by atoms with Crippen molar-refractivity contribution < 1.29 is 14.3 Å². The summed E-state index contributed by atoms with van der Waals surface area (Å²) in [6.07, 6.45) is 0. The van der Waals surface area contributed by atoms with Gasteiger partial charge in [-0.15, -0.1) is 0 Å². The van der Waals surface area contributed by atoms with Crippen molar-refractivity contribution in [1.29, 1.82) is 0 Å². The maximum absolute atomic E-state index is 11.9. The lowest BCUT2D eigenvalue weighted by Gasteiger charge is -2.10. The van der Waals surface area contributed by atoms with Crippen LogP contribution in [0.3, 0.4) is 0 Å². The Kier molecular flexibility index (Phi) is 5.43. The Balaban J connectivity index is 1.87. The Labute approximate surface area is 138 Å². The summed E-state index contributed by atoms with van der Waals surface area (Å²) in [6, 6.07) is 11.0. The number of amides is 3. The van der Waals surface area contributed by atoms with E-state index in [2.05, 4.69) is 16.2 Å². The largest absolute Gasteiger partial charge is 0.497 e. The number of hydrazine groups is 1.